The summed E-state index contributed by atoms with van der Waals surface area (Å²) in [5, 5.41) is 4.22. The standard InChI is InChI=1S/C22H24N2OS2/c1-24(16-17-10-12-19(26-2)13-11-17)21(25)15-23-22(20-9-6-14-27-20)18-7-4-3-5-8-18/h3-14,22-23H,15-16H2,1-2H3/p+1/t22-/m0/s1. The second-order valence-corrected chi connectivity index (χ2v) is 8.30. The van der Waals surface area contributed by atoms with E-state index in [0.717, 1.165) is 5.56 Å². The molecular formula is C22H25N2OS2+. The van der Waals surface area contributed by atoms with Gasteiger partial charge in [-0.15, -0.1) is 23.1 Å². The molecule has 1 atom stereocenters. The maximum atomic E-state index is 12.7. The minimum absolute atomic E-state index is 0.140. The van der Waals surface area contributed by atoms with Gasteiger partial charge in [0.15, 0.2) is 6.54 Å². The number of carbonyl (C=O) groups is 1. The fraction of sp³-hybridized carbons (Fsp3) is 0.227. The number of quaternary nitrogens is 1. The SMILES string of the molecule is CSc1ccc(CN(C)C(=O)C[NH2+][C@@H](c2ccccc2)c2cccs2)cc1. The number of carbonyl (C=O) groups excluding carboxylic acids is 1. The van der Waals surface area contributed by atoms with Crippen molar-refractivity contribution in [2.45, 2.75) is 17.5 Å². The van der Waals surface area contributed by atoms with Gasteiger partial charge in [-0.05, 0) is 35.4 Å². The molecule has 0 aliphatic heterocycles. The van der Waals surface area contributed by atoms with E-state index in [1.807, 2.05) is 13.1 Å². The lowest BCUT2D eigenvalue weighted by Crippen LogP contribution is -2.87. The molecule has 3 rings (SSSR count). The van der Waals surface area contributed by atoms with Crippen LogP contribution in [0.15, 0.2) is 77.0 Å². The number of likely N-dealkylation sites (N-methyl/N-ethyl adjacent to an activating group) is 1. The summed E-state index contributed by atoms with van der Waals surface area (Å²) in [6.45, 7) is 1.06. The molecule has 1 amide bonds. The third kappa shape index (κ3) is 5.45. The van der Waals surface area contributed by atoms with E-state index in [1.165, 1.54) is 15.3 Å². The molecule has 0 saturated carbocycles. The Morgan fingerprint density at radius 1 is 1.07 bits per heavy atom. The average molecular weight is 398 g/mol. The quantitative estimate of drug-likeness (QED) is 0.587. The zero-order valence-corrected chi connectivity index (χ0v) is 17.3. The monoisotopic (exact) mass is 397 g/mol. The van der Waals surface area contributed by atoms with Gasteiger partial charge in [0.25, 0.3) is 5.91 Å². The molecule has 0 aliphatic rings. The van der Waals surface area contributed by atoms with Crippen molar-refractivity contribution in [1.82, 2.24) is 4.90 Å². The minimum atomic E-state index is 0.140. The number of nitrogens with two attached hydrogens (primary N) is 1. The third-order valence-corrected chi connectivity index (χ3v) is 6.24. The molecule has 27 heavy (non-hydrogen) atoms. The number of benzene rings is 2. The van der Waals surface area contributed by atoms with Gasteiger partial charge in [0, 0.05) is 24.1 Å². The molecular weight excluding hydrogens is 372 g/mol. The highest BCUT2D eigenvalue weighted by molar-refractivity contribution is 7.98. The number of amides is 1. The molecule has 0 fully saturated rings. The molecule has 140 valence electrons. The van der Waals surface area contributed by atoms with Gasteiger partial charge in [0.1, 0.15) is 6.04 Å². The van der Waals surface area contributed by atoms with E-state index in [9.17, 15) is 4.79 Å². The molecule has 0 unspecified atom stereocenters. The number of hydrogen-bond donors (Lipinski definition) is 1. The van der Waals surface area contributed by atoms with Gasteiger partial charge in [-0.25, -0.2) is 0 Å². The zero-order chi connectivity index (χ0) is 19.1. The molecule has 1 heterocycles. The van der Waals surface area contributed by atoms with E-state index >= 15 is 0 Å². The Morgan fingerprint density at radius 3 is 2.44 bits per heavy atom. The summed E-state index contributed by atoms with van der Waals surface area (Å²) in [4.78, 5) is 17.0. The lowest BCUT2D eigenvalue weighted by molar-refractivity contribution is -0.676. The van der Waals surface area contributed by atoms with Crippen LogP contribution in [-0.4, -0.2) is 30.7 Å². The normalized spacial score (nSPS) is 11.9. The van der Waals surface area contributed by atoms with Crippen LogP contribution in [0.5, 0.6) is 0 Å². The molecule has 5 heteroatoms. The Bertz CT molecular complexity index is 833. The number of nitrogens with zero attached hydrogens (tertiary/aromatic N) is 1. The minimum Gasteiger partial charge on any atom is -0.337 e. The van der Waals surface area contributed by atoms with E-state index in [1.54, 1.807) is 28.0 Å². The van der Waals surface area contributed by atoms with Crippen LogP contribution in [-0.2, 0) is 11.3 Å². The zero-order valence-electron chi connectivity index (χ0n) is 15.7. The van der Waals surface area contributed by atoms with Crippen LogP contribution >= 0.6 is 23.1 Å². The molecule has 3 nitrogen and oxygen atoms in total. The van der Waals surface area contributed by atoms with Crippen LogP contribution in [0.3, 0.4) is 0 Å². The highest BCUT2D eigenvalue weighted by Gasteiger charge is 2.21. The fourth-order valence-corrected chi connectivity index (χ4v) is 4.27. The van der Waals surface area contributed by atoms with E-state index in [4.69, 9.17) is 0 Å². The van der Waals surface area contributed by atoms with Crippen molar-refractivity contribution in [2.24, 2.45) is 0 Å². The van der Waals surface area contributed by atoms with E-state index in [2.05, 4.69) is 77.6 Å². The maximum Gasteiger partial charge on any atom is 0.277 e. The Labute approximate surface area is 169 Å². The van der Waals surface area contributed by atoms with Crippen molar-refractivity contribution in [1.29, 1.82) is 0 Å². The van der Waals surface area contributed by atoms with Crippen molar-refractivity contribution < 1.29 is 10.1 Å². The highest BCUT2D eigenvalue weighted by atomic mass is 32.2. The smallest absolute Gasteiger partial charge is 0.277 e. The summed E-state index contributed by atoms with van der Waals surface area (Å²) < 4.78 is 0. The lowest BCUT2D eigenvalue weighted by Gasteiger charge is -2.19. The first kappa shape index (κ1) is 19.7. The third-order valence-electron chi connectivity index (χ3n) is 4.54. The van der Waals surface area contributed by atoms with Gasteiger partial charge in [-0.1, -0.05) is 48.5 Å². The molecule has 1 aromatic heterocycles. The van der Waals surface area contributed by atoms with Crippen LogP contribution < -0.4 is 5.32 Å². The number of thioether (sulfide) groups is 1. The first-order chi connectivity index (χ1) is 13.2. The van der Waals surface area contributed by atoms with Crippen LogP contribution in [0.25, 0.3) is 0 Å². The van der Waals surface area contributed by atoms with Crippen molar-refractivity contribution in [2.75, 3.05) is 19.8 Å². The summed E-state index contributed by atoms with van der Waals surface area (Å²) in [6, 6.07) is 23.1. The van der Waals surface area contributed by atoms with Crippen LogP contribution in [0.1, 0.15) is 22.0 Å². The van der Waals surface area contributed by atoms with Gasteiger partial charge in [0.05, 0.1) is 4.88 Å². The molecule has 2 aromatic carbocycles. The Balaban J connectivity index is 1.61. The highest BCUT2D eigenvalue weighted by Crippen LogP contribution is 2.22. The van der Waals surface area contributed by atoms with Crippen molar-refractivity contribution >= 4 is 29.0 Å². The average Bonchev–Trinajstić information content (AvgIpc) is 3.24. The number of thiophene rings is 1. The second-order valence-electron chi connectivity index (χ2n) is 6.44. The van der Waals surface area contributed by atoms with Crippen molar-refractivity contribution in [3.05, 3.63) is 88.1 Å². The lowest BCUT2D eigenvalue weighted by atomic mass is 10.1. The Hall–Kier alpha value is -2.08. The van der Waals surface area contributed by atoms with Crippen molar-refractivity contribution in [3.63, 3.8) is 0 Å². The second kappa shape index (κ2) is 9.74. The largest absolute Gasteiger partial charge is 0.337 e. The Morgan fingerprint density at radius 2 is 1.81 bits per heavy atom. The molecule has 3 aromatic rings. The summed E-state index contributed by atoms with van der Waals surface area (Å²) in [6.07, 6.45) is 2.07. The molecule has 0 radical (unpaired) electrons. The molecule has 0 spiro atoms. The molecule has 0 bridgehead atoms. The summed E-state index contributed by atoms with van der Waals surface area (Å²) in [5.41, 5.74) is 2.38. The van der Waals surface area contributed by atoms with Gasteiger partial charge < -0.3 is 10.2 Å². The summed E-state index contributed by atoms with van der Waals surface area (Å²) in [5.74, 6) is 0.140. The summed E-state index contributed by atoms with van der Waals surface area (Å²) >= 11 is 3.46. The summed E-state index contributed by atoms with van der Waals surface area (Å²) in [7, 11) is 1.88. The molecule has 0 aliphatic carbocycles. The van der Waals surface area contributed by atoms with Gasteiger partial charge in [-0.2, -0.15) is 0 Å². The molecule has 2 N–H and O–H groups in total. The fourth-order valence-electron chi connectivity index (χ4n) is 3.01. The van der Waals surface area contributed by atoms with Gasteiger partial charge >= 0.3 is 0 Å². The van der Waals surface area contributed by atoms with E-state index in [-0.39, 0.29) is 11.9 Å². The van der Waals surface area contributed by atoms with Crippen LogP contribution in [0.4, 0.5) is 0 Å². The van der Waals surface area contributed by atoms with Gasteiger partial charge in [0.2, 0.25) is 0 Å². The molecule has 0 saturated heterocycles. The first-order valence-corrected chi connectivity index (χ1v) is 11.1. The number of rotatable bonds is 8. The van der Waals surface area contributed by atoms with Crippen LogP contribution in [0, 0.1) is 0 Å². The number of hydrogen-bond acceptors (Lipinski definition) is 3. The van der Waals surface area contributed by atoms with Crippen LogP contribution in [0.2, 0.25) is 0 Å². The topological polar surface area (TPSA) is 36.9 Å². The van der Waals surface area contributed by atoms with E-state index < -0.39 is 0 Å². The Kier molecular flexibility index (Phi) is 7.10. The predicted octanol–water partition coefficient (Wildman–Crippen LogP) is 3.78. The van der Waals surface area contributed by atoms with Crippen molar-refractivity contribution in [3.8, 4) is 0 Å². The first-order valence-electron chi connectivity index (χ1n) is 8.96. The maximum absolute atomic E-state index is 12.7. The van der Waals surface area contributed by atoms with E-state index in [0.29, 0.717) is 13.1 Å². The van der Waals surface area contributed by atoms with Gasteiger partial charge in [-0.3, -0.25) is 4.79 Å². The predicted molar refractivity (Wildman–Crippen MR) is 114 cm³/mol.